The third-order valence-electron chi connectivity index (χ3n) is 4.01. The Hall–Kier alpha value is -1.34. The number of ether oxygens (including phenoxy) is 2. The van der Waals surface area contributed by atoms with Gasteiger partial charge in [-0.15, -0.1) is 0 Å². The molecular formula is C21H38N2O4. The van der Waals surface area contributed by atoms with Crippen LogP contribution in [-0.4, -0.2) is 60.8 Å². The number of para-hydroxylation sites is 1. The predicted molar refractivity (Wildman–Crippen MR) is 110 cm³/mol. The molecule has 6 nitrogen and oxygen atoms in total. The van der Waals surface area contributed by atoms with Crippen LogP contribution in [0.15, 0.2) is 18.2 Å². The van der Waals surface area contributed by atoms with Gasteiger partial charge in [-0.3, -0.25) is 0 Å². The molecule has 2 atom stereocenters. The van der Waals surface area contributed by atoms with Crippen molar-refractivity contribution in [1.82, 2.24) is 10.6 Å². The summed E-state index contributed by atoms with van der Waals surface area (Å²) >= 11 is 0. The van der Waals surface area contributed by atoms with Crippen LogP contribution in [0.2, 0.25) is 0 Å². The van der Waals surface area contributed by atoms with Gasteiger partial charge in [-0.05, 0) is 12.0 Å². The molecule has 0 aromatic heterocycles. The summed E-state index contributed by atoms with van der Waals surface area (Å²) < 4.78 is 11.8. The normalized spacial score (nSPS) is 14.0. The second kappa shape index (κ2) is 12.2. The minimum absolute atomic E-state index is 0.176. The SMILES string of the molecule is CC(C)NCC(O)COc1cccc(C(C)C)c1OCC(O)CNC(C)C. The van der Waals surface area contributed by atoms with Crippen molar-refractivity contribution in [3.8, 4) is 11.5 Å². The Morgan fingerprint density at radius 1 is 0.815 bits per heavy atom. The lowest BCUT2D eigenvalue weighted by Crippen LogP contribution is -2.35. The second-order valence-electron chi connectivity index (χ2n) is 7.88. The van der Waals surface area contributed by atoms with Crippen LogP contribution in [0.25, 0.3) is 0 Å². The van der Waals surface area contributed by atoms with Gasteiger partial charge in [0.1, 0.15) is 25.4 Å². The molecule has 1 rings (SSSR count). The Morgan fingerprint density at radius 2 is 1.33 bits per heavy atom. The van der Waals surface area contributed by atoms with Crippen molar-refractivity contribution in [1.29, 1.82) is 0 Å². The fourth-order valence-corrected chi connectivity index (χ4v) is 2.48. The van der Waals surface area contributed by atoms with E-state index in [0.29, 0.717) is 36.7 Å². The molecule has 0 saturated carbocycles. The van der Waals surface area contributed by atoms with Crippen molar-refractivity contribution in [2.75, 3.05) is 26.3 Å². The maximum atomic E-state index is 10.1. The van der Waals surface area contributed by atoms with Gasteiger partial charge in [0, 0.05) is 30.7 Å². The van der Waals surface area contributed by atoms with E-state index in [1.807, 2.05) is 45.9 Å². The Balaban J connectivity index is 2.75. The van der Waals surface area contributed by atoms with E-state index in [1.165, 1.54) is 0 Å². The summed E-state index contributed by atoms with van der Waals surface area (Å²) in [5.41, 5.74) is 1.02. The third-order valence-corrected chi connectivity index (χ3v) is 4.01. The van der Waals surface area contributed by atoms with Crippen LogP contribution in [0.5, 0.6) is 11.5 Å². The van der Waals surface area contributed by atoms with Crippen molar-refractivity contribution < 1.29 is 19.7 Å². The molecule has 1 aromatic carbocycles. The van der Waals surface area contributed by atoms with E-state index in [9.17, 15) is 10.2 Å². The topological polar surface area (TPSA) is 83.0 Å². The summed E-state index contributed by atoms with van der Waals surface area (Å²) in [5, 5.41) is 26.6. The molecule has 0 amide bonds. The summed E-state index contributed by atoms with van der Waals surface area (Å²) in [6.45, 7) is 13.6. The smallest absolute Gasteiger partial charge is 0.164 e. The van der Waals surface area contributed by atoms with Gasteiger partial charge in [0.25, 0.3) is 0 Å². The van der Waals surface area contributed by atoms with E-state index >= 15 is 0 Å². The molecule has 0 saturated heterocycles. The van der Waals surface area contributed by atoms with Crippen LogP contribution in [0, 0.1) is 0 Å². The van der Waals surface area contributed by atoms with E-state index in [2.05, 4.69) is 24.5 Å². The van der Waals surface area contributed by atoms with Crippen LogP contribution in [-0.2, 0) is 0 Å². The average Bonchev–Trinajstić information content (AvgIpc) is 2.61. The first-order valence-electron chi connectivity index (χ1n) is 9.92. The summed E-state index contributed by atoms with van der Waals surface area (Å²) in [6.07, 6.45) is -1.22. The van der Waals surface area contributed by atoms with Gasteiger partial charge >= 0.3 is 0 Å². The monoisotopic (exact) mass is 382 g/mol. The molecule has 0 radical (unpaired) electrons. The Kier molecular flexibility index (Phi) is 10.7. The lowest BCUT2D eigenvalue weighted by molar-refractivity contribution is 0.0903. The van der Waals surface area contributed by atoms with Crippen LogP contribution in [0.1, 0.15) is 53.0 Å². The minimum Gasteiger partial charge on any atom is -0.487 e. The van der Waals surface area contributed by atoms with Crippen LogP contribution < -0.4 is 20.1 Å². The maximum absolute atomic E-state index is 10.1. The molecule has 2 unspecified atom stereocenters. The van der Waals surface area contributed by atoms with Gasteiger partial charge in [-0.25, -0.2) is 0 Å². The van der Waals surface area contributed by atoms with E-state index in [1.54, 1.807) is 0 Å². The van der Waals surface area contributed by atoms with Crippen molar-refractivity contribution in [2.24, 2.45) is 0 Å². The predicted octanol–water partition coefficient (Wildman–Crippen LogP) is 2.29. The average molecular weight is 383 g/mol. The highest BCUT2D eigenvalue weighted by atomic mass is 16.5. The van der Waals surface area contributed by atoms with Gasteiger partial charge in [-0.1, -0.05) is 53.7 Å². The molecule has 6 heteroatoms. The number of hydrogen-bond donors (Lipinski definition) is 4. The number of benzene rings is 1. The molecule has 27 heavy (non-hydrogen) atoms. The molecule has 0 spiro atoms. The third kappa shape index (κ3) is 9.42. The molecule has 0 heterocycles. The van der Waals surface area contributed by atoms with E-state index in [0.717, 1.165) is 5.56 Å². The van der Waals surface area contributed by atoms with Crippen LogP contribution >= 0.6 is 0 Å². The zero-order valence-corrected chi connectivity index (χ0v) is 17.7. The van der Waals surface area contributed by atoms with Crippen molar-refractivity contribution in [2.45, 2.75) is 71.8 Å². The summed E-state index contributed by atoms with van der Waals surface area (Å²) in [4.78, 5) is 0. The van der Waals surface area contributed by atoms with Crippen molar-refractivity contribution >= 4 is 0 Å². The van der Waals surface area contributed by atoms with Crippen LogP contribution in [0.4, 0.5) is 0 Å². The number of nitrogens with one attached hydrogen (secondary N) is 2. The van der Waals surface area contributed by atoms with Gasteiger partial charge in [0.15, 0.2) is 11.5 Å². The Morgan fingerprint density at radius 3 is 1.81 bits per heavy atom. The fourth-order valence-electron chi connectivity index (χ4n) is 2.48. The van der Waals surface area contributed by atoms with E-state index < -0.39 is 12.2 Å². The fraction of sp³-hybridized carbons (Fsp3) is 0.714. The lowest BCUT2D eigenvalue weighted by Gasteiger charge is -2.21. The molecule has 156 valence electrons. The first-order chi connectivity index (χ1) is 12.7. The number of hydrogen-bond acceptors (Lipinski definition) is 6. The number of rotatable bonds is 13. The molecule has 0 bridgehead atoms. The zero-order chi connectivity index (χ0) is 20.4. The summed E-state index contributed by atoms with van der Waals surface area (Å²) in [5.74, 6) is 1.48. The second-order valence-corrected chi connectivity index (χ2v) is 7.88. The van der Waals surface area contributed by atoms with Crippen LogP contribution in [0.3, 0.4) is 0 Å². The van der Waals surface area contributed by atoms with Gasteiger partial charge in [0.2, 0.25) is 0 Å². The maximum Gasteiger partial charge on any atom is 0.164 e. The first-order valence-corrected chi connectivity index (χ1v) is 9.92. The quantitative estimate of drug-likeness (QED) is 0.419. The summed E-state index contributed by atoms with van der Waals surface area (Å²) in [6, 6.07) is 6.38. The Bertz CT molecular complexity index is 535. The largest absolute Gasteiger partial charge is 0.487 e. The lowest BCUT2D eigenvalue weighted by atomic mass is 10.0. The minimum atomic E-state index is -0.610. The van der Waals surface area contributed by atoms with Gasteiger partial charge in [-0.2, -0.15) is 0 Å². The molecule has 0 fully saturated rings. The molecule has 0 aliphatic heterocycles. The van der Waals surface area contributed by atoms with E-state index in [-0.39, 0.29) is 19.1 Å². The van der Waals surface area contributed by atoms with E-state index in [4.69, 9.17) is 9.47 Å². The van der Waals surface area contributed by atoms with Crippen molar-refractivity contribution in [3.05, 3.63) is 23.8 Å². The highest BCUT2D eigenvalue weighted by molar-refractivity contribution is 5.48. The highest BCUT2D eigenvalue weighted by Crippen LogP contribution is 2.35. The highest BCUT2D eigenvalue weighted by Gasteiger charge is 2.17. The molecule has 4 N–H and O–H groups in total. The Labute approximate surface area is 164 Å². The molecule has 0 aliphatic carbocycles. The van der Waals surface area contributed by atoms with Gasteiger partial charge < -0.3 is 30.3 Å². The van der Waals surface area contributed by atoms with Gasteiger partial charge in [0.05, 0.1) is 0 Å². The van der Waals surface area contributed by atoms with Crippen molar-refractivity contribution in [3.63, 3.8) is 0 Å². The standard InChI is InChI=1S/C21H38N2O4/c1-14(2)19-8-7-9-20(26-12-17(24)10-22-15(3)4)21(19)27-13-18(25)11-23-16(5)6/h7-9,14-18,22-25H,10-13H2,1-6H3. The number of aliphatic hydroxyl groups is 2. The first kappa shape index (κ1) is 23.7. The zero-order valence-electron chi connectivity index (χ0n) is 17.7. The molecular weight excluding hydrogens is 344 g/mol. The number of aliphatic hydroxyl groups excluding tert-OH is 2. The molecule has 1 aromatic rings. The summed E-state index contributed by atoms with van der Waals surface area (Å²) in [7, 11) is 0. The molecule has 0 aliphatic rings.